The van der Waals surface area contributed by atoms with Gasteiger partial charge in [0.05, 0.1) is 35.1 Å². The van der Waals surface area contributed by atoms with Gasteiger partial charge < -0.3 is 44.5 Å². The lowest BCUT2D eigenvalue weighted by atomic mass is 10.0. The summed E-state index contributed by atoms with van der Waals surface area (Å²) in [6, 6.07) is 26.7. The number of pyridine rings is 1. The van der Waals surface area contributed by atoms with Crippen molar-refractivity contribution in [3.05, 3.63) is 117 Å². The van der Waals surface area contributed by atoms with Gasteiger partial charge in [-0.05, 0) is 48.2 Å². The maximum Gasteiger partial charge on any atom is 0.411 e. The van der Waals surface area contributed by atoms with Crippen molar-refractivity contribution < 1.29 is 38.8 Å². The third-order valence-electron chi connectivity index (χ3n) is 11.3. The zero-order valence-corrected chi connectivity index (χ0v) is 35.2. The molecule has 5 aromatic rings. The lowest BCUT2D eigenvalue weighted by Crippen LogP contribution is -2.44. The van der Waals surface area contributed by atoms with Gasteiger partial charge in [0.1, 0.15) is 23.7 Å². The number of ether oxygens (including phenoxy) is 3. The van der Waals surface area contributed by atoms with E-state index in [0.29, 0.717) is 85.4 Å². The number of fused-ring (bicyclic) bond motifs is 1. The van der Waals surface area contributed by atoms with Gasteiger partial charge in [0, 0.05) is 93.7 Å². The molecule has 15 nitrogen and oxygen atoms in total. The third kappa shape index (κ3) is 11.2. The highest BCUT2D eigenvalue weighted by Gasteiger charge is 2.28. The van der Waals surface area contributed by atoms with Crippen LogP contribution in [0.3, 0.4) is 0 Å². The number of benzene rings is 4. The van der Waals surface area contributed by atoms with Crippen LogP contribution < -0.4 is 26.2 Å². The highest BCUT2D eigenvalue weighted by atomic mass is 35.5. The molecule has 0 aliphatic carbocycles. The number of rotatable bonds is 14. The Morgan fingerprint density at radius 3 is 2.21 bits per heavy atom. The summed E-state index contributed by atoms with van der Waals surface area (Å²) in [6.45, 7) is 3.42. The van der Waals surface area contributed by atoms with E-state index >= 15 is 0 Å². The van der Waals surface area contributed by atoms with Crippen LogP contribution in [0.15, 0.2) is 95.8 Å². The fraction of sp³-hybridized carbons (Fsp3) is 0.348. The van der Waals surface area contributed by atoms with Gasteiger partial charge >= 0.3 is 12.2 Å². The van der Waals surface area contributed by atoms with E-state index in [2.05, 4.69) is 25.8 Å². The summed E-state index contributed by atoms with van der Waals surface area (Å²) in [5, 5.41) is 30.7. The molecule has 3 amide bonds. The van der Waals surface area contributed by atoms with Crippen molar-refractivity contribution in [2.45, 2.75) is 57.0 Å². The first-order valence-corrected chi connectivity index (χ1v) is 21.1. The molecule has 1 atom stereocenters. The summed E-state index contributed by atoms with van der Waals surface area (Å²) >= 11 is 6.57. The number of amides is 3. The first-order valence-electron chi connectivity index (χ1n) is 20.7. The number of phenols is 1. The second-order valence-corrected chi connectivity index (χ2v) is 15.8. The largest absolute Gasteiger partial charge is 0.506 e. The van der Waals surface area contributed by atoms with E-state index in [0.717, 1.165) is 24.2 Å². The average Bonchev–Trinajstić information content (AvgIpc) is 3.27. The summed E-state index contributed by atoms with van der Waals surface area (Å²) in [5.74, 6) is 0.413. The molecule has 326 valence electrons. The Labute approximate surface area is 363 Å². The van der Waals surface area contributed by atoms with Crippen molar-refractivity contribution in [1.29, 1.82) is 0 Å². The van der Waals surface area contributed by atoms with Gasteiger partial charge in [-0.25, -0.2) is 9.59 Å². The van der Waals surface area contributed by atoms with Gasteiger partial charge in [-0.1, -0.05) is 66.2 Å². The van der Waals surface area contributed by atoms with Crippen LogP contribution in [0.5, 0.6) is 11.5 Å². The van der Waals surface area contributed by atoms with Crippen molar-refractivity contribution in [3.8, 4) is 22.6 Å². The van der Waals surface area contributed by atoms with E-state index < -0.39 is 18.3 Å². The Kier molecular flexibility index (Phi) is 14.6. The second-order valence-electron chi connectivity index (χ2n) is 15.4. The Hall–Kier alpha value is -6.13. The molecule has 2 saturated heterocycles. The lowest BCUT2D eigenvalue weighted by Gasteiger charge is -2.34. The number of piperidine rings is 2. The number of aliphatic hydroxyl groups is 1. The summed E-state index contributed by atoms with van der Waals surface area (Å²) in [5.41, 5.74) is 4.02. The standard InChI is InChI=1S/C46H51ClN6O9/c1-60-41-26-38(36(47)25-30(41)27-48-28-40(55)34-11-13-39(54)44-35(34)12-14-42(56)51-44)50-46(59)62-32-17-23-53(24-18-32)43(57)19-22-52-20-15-31(16-21-52)61-45(58)49-37-10-6-5-9-33(37)29-7-3-2-4-8-29/h2-14,25-26,31-32,40,48,54-55H,15-24,27-28H2,1H3,(H,49,58)(H,50,59)(H,51,56)/t40-/m0/s1. The van der Waals surface area contributed by atoms with Crippen molar-refractivity contribution in [2.24, 2.45) is 0 Å². The molecule has 0 spiro atoms. The molecule has 4 aromatic carbocycles. The SMILES string of the molecule is COc1cc(NC(=O)OC2CCN(C(=O)CCN3CCC(OC(=O)Nc4ccccc4-c4ccccc4)CC3)CC2)c(Cl)cc1CNC[C@H](O)c1ccc(O)c2[nH]c(=O)ccc12. The molecule has 3 heterocycles. The van der Waals surface area contributed by atoms with Crippen LogP contribution in [0, 0.1) is 0 Å². The molecular formula is C46H51ClN6O9. The summed E-state index contributed by atoms with van der Waals surface area (Å²) in [7, 11) is 1.50. The van der Waals surface area contributed by atoms with Crippen LogP contribution in [-0.4, -0.2) is 102 Å². The van der Waals surface area contributed by atoms with Crippen LogP contribution in [0.25, 0.3) is 22.0 Å². The van der Waals surface area contributed by atoms with Crippen molar-refractivity contribution >= 4 is 52.0 Å². The Balaban J connectivity index is 0.797. The molecule has 2 fully saturated rings. The summed E-state index contributed by atoms with van der Waals surface area (Å²) in [4.78, 5) is 57.2. The van der Waals surface area contributed by atoms with Crippen LogP contribution in [0.1, 0.15) is 49.3 Å². The number of aromatic amines is 1. The van der Waals surface area contributed by atoms with E-state index in [-0.39, 0.29) is 53.1 Å². The van der Waals surface area contributed by atoms with E-state index in [1.54, 1.807) is 24.3 Å². The number of aromatic nitrogens is 1. The molecule has 1 aromatic heterocycles. The molecule has 62 heavy (non-hydrogen) atoms. The van der Waals surface area contributed by atoms with Gasteiger partial charge in [0.25, 0.3) is 0 Å². The van der Waals surface area contributed by atoms with E-state index in [1.165, 1.54) is 19.2 Å². The number of nitrogens with zero attached hydrogens (tertiary/aromatic N) is 2. The zero-order chi connectivity index (χ0) is 43.6. The van der Waals surface area contributed by atoms with Crippen molar-refractivity contribution in [3.63, 3.8) is 0 Å². The van der Waals surface area contributed by atoms with Gasteiger partial charge in [-0.15, -0.1) is 0 Å². The molecule has 0 saturated carbocycles. The number of methoxy groups -OCH3 is 1. The average molecular weight is 867 g/mol. The minimum absolute atomic E-state index is 0.0529. The Morgan fingerprint density at radius 1 is 0.839 bits per heavy atom. The molecule has 0 unspecified atom stereocenters. The molecule has 0 radical (unpaired) electrons. The van der Waals surface area contributed by atoms with Crippen LogP contribution in [0.2, 0.25) is 5.02 Å². The minimum Gasteiger partial charge on any atom is -0.506 e. The number of carbonyl (C=O) groups is 3. The third-order valence-corrected chi connectivity index (χ3v) is 11.6. The number of carbonyl (C=O) groups excluding carboxylic acids is 3. The maximum absolute atomic E-state index is 13.1. The van der Waals surface area contributed by atoms with E-state index in [4.69, 9.17) is 25.8 Å². The topological polar surface area (TPSA) is 195 Å². The normalized spacial score (nSPS) is 15.5. The number of anilines is 2. The highest BCUT2D eigenvalue weighted by molar-refractivity contribution is 6.33. The first kappa shape index (κ1) is 43.9. The zero-order valence-electron chi connectivity index (χ0n) is 34.4. The van der Waals surface area contributed by atoms with Gasteiger partial charge in [-0.2, -0.15) is 0 Å². The number of H-pyrrole nitrogens is 1. The van der Waals surface area contributed by atoms with Crippen LogP contribution in [-0.2, 0) is 20.8 Å². The Morgan fingerprint density at radius 2 is 1.50 bits per heavy atom. The fourth-order valence-corrected chi connectivity index (χ4v) is 8.18. The van der Waals surface area contributed by atoms with Gasteiger partial charge in [-0.3, -0.25) is 20.2 Å². The number of hydrogen-bond donors (Lipinski definition) is 6. The quantitative estimate of drug-likeness (QED) is 0.0671. The van der Waals surface area contributed by atoms with Crippen LogP contribution in [0.4, 0.5) is 21.0 Å². The lowest BCUT2D eigenvalue weighted by molar-refractivity contribution is -0.133. The fourth-order valence-electron chi connectivity index (χ4n) is 7.95. The smallest absolute Gasteiger partial charge is 0.411 e. The number of para-hydroxylation sites is 1. The van der Waals surface area contributed by atoms with Crippen LogP contribution >= 0.6 is 11.6 Å². The molecule has 7 rings (SSSR count). The summed E-state index contributed by atoms with van der Waals surface area (Å²) in [6.07, 6.45) is 0.0734. The second kappa shape index (κ2) is 20.6. The molecule has 0 bridgehead atoms. The minimum atomic E-state index is -0.958. The predicted octanol–water partition coefficient (Wildman–Crippen LogP) is 7.03. The number of phenolic OH excluding ortho intramolecular Hbond substituents is 1. The molecule has 2 aliphatic heterocycles. The molecule has 16 heteroatoms. The number of aromatic hydroxyl groups is 1. The van der Waals surface area contributed by atoms with Crippen molar-refractivity contribution in [1.82, 2.24) is 20.1 Å². The molecule has 2 aliphatic rings. The van der Waals surface area contributed by atoms with E-state index in [1.807, 2.05) is 59.5 Å². The predicted molar refractivity (Wildman–Crippen MR) is 237 cm³/mol. The molecular weight excluding hydrogens is 816 g/mol. The monoisotopic (exact) mass is 866 g/mol. The number of halogens is 1. The number of aliphatic hydroxyl groups excluding tert-OH is 1. The maximum atomic E-state index is 13.1. The number of nitrogens with one attached hydrogen (secondary N) is 4. The summed E-state index contributed by atoms with van der Waals surface area (Å²) < 4.78 is 17.0. The van der Waals surface area contributed by atoms with Gasteiger partial charge in [0.15, 0.2) is 0 Å². The Bertz CT molecular complexity index is 2420. The molecule has 6 N–H and O–H groups in total. The van der Waals surface area contributed by atoms with E-state index in [9.17, 15) is 29.4 Å². The number of likely N-dealkylation sites (tertiary alicyclic amines) is 2. The highest BCUT2D eigenvalue weighted by Crippen LogP contribution is 2.33. The van der Waals surface area contributed by atoms with Gasteiger partial charge in [0.2, 0.25) is 11.5 Å². The van der Waals surface area contributed by atoms with Crippen molar-refractivity contribution in [2.75, 3.05) is 57.0 Å². The first-order chi connectivity index (χ1) is 30.0. The number of hydrogen-bond acceptors (Lipinski definition) is 11.